The van der Waals surface area contributed by atoms with Crippen molar-refractivity contribution >= 4 is 11.8 Å². The van der Waals surface area contributed by atoms with Crippen molar-refractivity contribution in [2.75, 3.05) is 0 Å². The van der Waals surface area contributed by atoms with Gasteiger partial charge < -0.3 is 9.40 Å². The van der Waals surface area contributed by atoms with Crippen LogP contribution in [0, 0.1) is 0 Å². The number of aryl methyl sites for hydroxylation is 2. The highest BCUT2D eigenvalue weighted by Crippen LogP contribution is 2.17. The number of rotatable bonds is 6. The third-order valence-corrected chi connectivity index (χ3v) is 3.28. The Labute approximate surface area is 115 Å². The third kappa shape index (κ3) is 3.92. The van der Waals surface area contributed by atoms with Crippen LogP contribution in [-0.4, -0.2) is 20.2 Å². The molecule has 0 atom stereocenters. The third-order valence-electron chi connectivity index (χ3n) is 2.42. The van der Waals surface area contributed by atoms with Gasteiger partial charge in [-0.3, -0.25) is 4.79 Å². The summed E-state index contributed by atoms with van der Waals surface area (Å²) in [5, 5.41) is 8.41. The zero-order valence-corrected chi connectivity index (χ0v) is 11.8. The predicted octanol–water partition coefficient (Wildman–Crippen LogP) is 1.96. The summed E-state index contributed by atoms with van der Waals surface area (Å²) in [7, 11) is 0. The van der Waals surface area contributed by atoms with Crippen molar-refractivity contribution in [1.82, 2.24) is 20.2 Å². The van der Waals surface area contributed by atoms with Crippen molar-refractivity contribution in [2.24, 2.45) is 0 Å². The Morgan fingerprint density at radius 2 is 2.11 bits per heavy atom. The number of hydrogen-bond acceptors (Lipinski definition) is 6. The number of aromatic amines is 1. The van der Waals surface area contributed by atoms with Gasteiger partial charge in [0, 0.05) is 18.2 Å². The Bertz CT molecular complexity index is 593. The molecule has 2 aromatic rings. The second-order valence-corrected chi connectivity index (χ2v) is 4.99. The van der Waals surface area contributed by atoms with Crippen molar-refractivity contribution in [2.45, 2.75) is 44.0 Å². The minimum atomic E-state index is -0.124. The summed E-state index contributed by atoms with van der Waals surface area (Å²) in [6, 6.07) is 1.54. The Balaban J connectivity index is 2.04. The van der Waals surface area contributed by atoms with Crippen LogP contribution in [-0.2, 0) is 18.6 Å². The molecule has 1 N–H and O–H groups in total. The molecule has 102 valence electrons. The first kappa shape index (κ1) is 13.8. The second-order valence-electron chi connectivity index (χ2n) is 4.02. The number of nitrogens with zero attached hydrogens (tertiary/aromatic N) is 3. The lowest BCUT2D eigenvalue weighted by atomic mass is 10.2. The first-order valence-electron chi connectivity index (χ1n) is 6.25. The van der Waals surface area contributed by atoms with E-state index >= 15 is 0 Å². The Morgan fingerprint density at radius 3 is 2.79 bits per heavy atom. The van der Waals surface area contributed by atoms with Gasteiger partial charge in [-0.15, -0.1) is 10.2 Å². The molecule has 2 rings (SSSR count). The first-order chi connectivity index (χ1) is 9.21. The molecule has 6 nitrogen and oxygen atoms in total. The lowest BCUT2D eigenvalue weighted by molar-refractivity contribution is 0.470. The summed E-state index contributed by atoms with van der Waals surface area (Å²) in [6.45, 7) is 4.01. The molecule has 7 heteroatoms. The van der Waals surface area contributed by atoms with E-state index in [1.165, 1.54) is 17.8 Å². The molecule has 0 fully saturated rings. The fourth-order valence-corrected chi connectivity index (χ4v) is 2.29. The monoisotopic (exact) mass is 280 g/mol. The van der Waals surface area contributed by atoms with Crippen LogP contribution >= 0.6 is 11.8 Å². The van der Waals surface area contributed by atoms with Gasteiger partial charge in [0.05, 0.1) is 5.75 Å². The highest BCUT2D eigenvalue weighted by Gasteiger charge is 2.07. The van der Waals surface area contributed by atoms with Crippen molar-refractivity contribution in [3.8, 4) is 0 Å². The van der Waals surface area contributed by atoms with Gasteiger partial charge in [-0.1, -0.05) is 32.0 Å². The summed E-state index contributed by atoms with van der Waals surface area (Å²) in [5.41, 5.74) is 0.689. The highest BCUT2D eigenvalue weighted by molar-refractivity contribution is 7.98. The smallest absolute Gasteiger partial charge is 0.251 e. The molecule has 0 saturated heterocycles. The average molecular weight is 280 g/mol. The maximum Gasteiger partial charge on any atom is 0.251 e. The molecule has 0 radical (unpaired) electrons. The average Bonchev–Trinajstić information content (AvgIpc) is 2.84. The molecule has 2 heterocycles. The van der Waals surface area contributed by atoms with Gasteiger partial charge in [0.15, 0.2) is 5.16 Å². The van der Waals surface area contributed by atoms with Gasteiger partial charge in [-0.05, 0) is 6.42 Å². The number of thioether (sulfide) groups is 1. The van der Waals surface area contributed by atoms with E-state index in [0.29, 0.717) is 22.7 Å². The molecule has 0 aromatic carbocycles. The van der Waals surface area contributed by atoms with E-state index in [4.69, 9.17) is 4.42 Å². The van der Waals surface area contributed by atoms with Crippen LogP contribution in [0.1, 0.15) is 37.7 Å². The quantitative estimate of drug-likeness (QED) is 0.643. The zero-order valence-electron chi connectivity index (χ0n) is 11.0. The topological polar surface area (TPSA) is 84.7 Å². The molecule has 2 aromatic heterocycles. The van der Waals surface area contributed by atoms with Crippen molar-refractivity contribution in [1.29, 1.82) is 0 Å². The maximum absolute atomic E-state index is 11.5. The van der Waals surface area contributed by atoms with E-state index in [2.05, 4.69) is 27.1 Å². The van der Waals surface area contributed by atoms with Gasteiger partial charge >= 0.3 is 0 Å². The molecule has 19 heavy (non-hydrogen) atoms. The molecule has 0 bridgehead atoms. The zero-order chi connectivity index (χ0) is 13.7. The largest absolute Gasteiger partial charge is 0.424 e. The molecule has 0 amide bonds. The van der Waals surface area contributed by atoms with Crippen LogP contribution in [0.2, 0.25) is 0 Å². The molecule has 0 unspecified atom stereocenters. The van der Waals surface area contributed by atoms with E-state index in [-0.39, 0.29) is 5.56 Å². The van der Waals surface area contributed by atoms with E-state index in [9.17, 15) is 4.79 Å². The standard InChI is InChI=1S/C12H16N4O2S/c1-3-5-8-6-9(17)14-12(13-8)19-7-11-16-15-10(4-2)18-11/h6H,3-5,7H2,1-2H3,(H,13,14,17). The van der Waals surface area contributed by atoms with E-state index in [1.54, 1.807) is 0 Å². The number of nitrogens with one attached hydrogen (secondary N) is 1. The Morgan fingerprint density at radius 1 is 1.32 bits per heavy atom. The molecule has 0 saturated carbocycles. The maximum atomic E-state index is 11.5. The SMILES string of the molecule is CCCc1cc(=O)[nH]c(SCc2nnc(CC)o2)n1. The summed E-state index contributed by atoms with van der Waals surface area (Å²) >= 11 is 1.39. The van der Waals surface area contributed by atoms with Crippen LogP contribution in [0.25, 0.3) is 0 Å². The minimum Gasteiger partial charge on any atom is -0.424 e. The van der Waals surface area contributed by atoms with Gasteiger partial charge in [0.1, 0.15) is 0 Å². The number of H-pyrrole nitrogens is 1. The van der Waals surface area contributed by atoms with Crippen LogP contribution in [0.5, 0.6) is 0 Å². The molecule has 0 aliphatic carbocycles. The fourth-order valence-electron chi connectivity index (χ4n) is 1.56. The lowest BCUT2D eigenvalue weighted by Gasteiger charge is -2.01. The molecular weight excluding hydrogens is 264 g/mol. The van der Waals surface area contributed by atoms with E-state index in [1.807, 2.05) is 6.92 Å². The van der Waals surface area contributed by atoms with Crippen LogP contribution < -0.4 is 5.56 Å². The molecule has 0 spiro atoms. The first-order valence-corrected chi connectivity index (χ1v) is 7.24. The van der Waals surface area contributed by atoms with Gasteiger partial charge in [0.2, 0.25) is 11.8 Å². The van der Waals surface area contributed by atoms with Crippen molar-refractivity contribution < 1.29 is 4.42 Å². The van der Waals surface area contributed by atoms with Crippen LogP contribution in [0.15, 0.2) is 20.4 Å². The van der Waals surface area contributed by atoms with Gasteiger partial charge in [0.25, 0.3) is 5.56 Å². The molecular formula is C12H16N4O2S. The summed E-state index contributed by atoms with van der Waals surface area (Å²) in [6.07, 6.45) is 2.49. The Kier molecular flexibility index (Phi) is 4.73. The van der Waals surface area contributed by atoms with Crippen molar-refractivity contribution in [3.63, 3.8) is 0 Å². The Hall–Kier alpha value is -1.63. The summed E-state index contributed by atoms with van der Waals surface area (Å²) < 4.78 is 5.40. The summed E-state index contributed by atoms with van der Waals surface area (Å²) in [5.74, 6) is 1.67. The number of aromatic nitrogens is 4. The van der Waals surface area contributed by atoms with Crippen molar-refractivity contribution in [3.05, 3.63) is 33.9 Å². The summed E-state index contributed by atoms with van der Waals surface area (Å²) in [4.78, 5) is 18.6. The van der Waals surface area contributed by atoms with E-state index < -0.39 is 0 Å². The minimum absolute atomic E-state index is 0.124. The lowest BCUT2D eigenvalue weighted by Crippen LogP contribution is -2.09. The molecule has 0 aliphatic rings. The normalized spacial score (nSPS) is 10.8. The second kappa shape index (κ2) is 6.51. The molecule has 0 aliphatic heterocycles. The van der Waals surface area contributed by atoms with Gasteiger partial charge in [-0.25, -0.2) is 4.98 Å². The fraction of sp³-hybridized carbons (Fsp3) is 0.500. The highest BCUT2D eigenvalue weighted by atomic mass is 32.2. The number of hydrogen-bond donors (Lipinski definition) is 1. The van der Waals surface area contributed by atoms with Crippen LogP contribution in [0.4, 0.5) is 0 Å². The predicted molar refractivity (Wildman–Crippen MR) is 72.1 cm³/mol. The van der Waals surface area contributed by atoms with Gasteiger partial charge in [-0.2, -0.15) is 0 Å². The van der Waals surface area contributed by atoms with Crippen LogP contribution in [0.3, 0.4) is 0 Å². The van der Waals surface area contributed by atoms with E-state index in [0.717, 1.165) is 25.0 Å².